The fourth-order valence-corrected chi connectivity index (χ4v) is 4.76. The lowest BCUT2D eigenvalue weighted by Gasteiger charge is -2.40. The number of benzene rings is 1. The van der Waals surface area contributed by atoms with E-state index in [2.05, 4.69) is 40.8 Å². The first-order valence-electron chi connectivity index (χ1n) is 7.35. The van der Waals surface area contributed by atoms with Gasteiger partial charge in [-0.3, -0.25) is 4.90 Å². The molecule has 6 heteroatoms. The second-order valence-electron chi connectivity index (χ2n) is 5.34. The molecular weight excluding hydrogens is 304 g/mol. The van der Waals surface area contributed by atoms with Crippen molar-refractivity contribution in [1.82, 2.24) is 9.62 Å². The zero-order chi connectivity index (χ0) is 15.3. The average Bonchev–Trinajstić information content (AvgIpc) is 2.48. The van der Waals surface area contributed by atoms with Crippen molar-refractivity contribution in [2.24, 2.45) is 0 Å². The van der Waals surface area contributed by atoms with Crippen molar-refractivity contribution in [3.63, 3.8) is 0 Å². The molecule has 1 aromatic carbocycles. The van der Waals surface area contributed by atoms with Crippen molar-refractivity contribution in [3.8, 4) is 0 Å². The third-order valence-corrected chi connectivity index (χ3v) is 6.56. The van der Waals surface area contributed by atoms with Gasteiger partial charge in [0, 0.05) is 23.6 Å². The van der Waals surface area contributed by atoms with Gasteiger partial charge in [0.1, 0.15) is 0 Å². The molecule has 4 nitrogen and oxygen atoms in total. The Morgan fingerprint density at radius 1 is 1.33 bits per heavy atom. The Morgan fingerprint density at radius 3 is 2.71 bits per heavy atom. The number of hydrogen-bond acceptors (Lipinski definition) is 4. The van der Waals surface area contributed by atoms with Crippen LogP contribution in [0.3, 0.4) is 0 Å². The molecule has 2 atom stereocenters. The quantitative estimate of drug-likeness (QED) is 0.869. The van der Waals surface area contributed by atoms with Crippen molar-refractivity contribution in [2.45, 2.75) is 24.6 Å². The molecule has 1 N–H and O–H groups in total. The lowest BCUT2D eigenvalue weighted by molar-refractivity contribution is 0.201. The van der Waals surface area contributed by atoms with Crippen molar-refractivity contribution in [2.75, 3.05) is 31.6 Å². The highest BCUT2D eigenvalue weighted by molar-refractivity contribution is 8.00. The Kier molecular flexibility index (Phi) is 6.10. The first-order chi connectivity index (χ1) is 10.0. The zero-order valence-corrected chi connectivity index (χ0v) is 14.3. The molecule has 1 fully saturated rings. The molecular formula is C15H24N2O2S2. The second kappa shape index (κ2) is 7.63. The van der Waals surface area contributed by atoms with Gasteiger partial charge in [0.25, 0.3) is 0 Å². The fourth-order valence-electron chi connectivity index (χ4n) is 2.83. The van der Waals surface area contributed by atoms with E-state index in [0.717, 1.165) is 18.8 Å². The molecule has 0 aliphatic carbocycles. The summed E-state index contributed by atoms with van der Waals surface area (Å²) in [5, 5.41) is 0.530. The maximum Gasteiger partial charge on any atom is 0.211 e. The normalized spacial score (nSPS) is 24.1. The predicted molar refractivity (Wildman–Crippen MR) is 90.1 cm³/mol. The van der Waals surface area contributed by atoms with Crippen LogP contribution in [-0.4, -0.2) is 50.2 Å². The van der Waals surface area contributed by atoms with Gasteiger partial charge < -0.3 is 0 Å². The van der Waals surface area contributed by atoms with E-state index < -0.39 is 10.0 Å². The molecule has 1 aliphatic heterocycles. The minimum absolute atomic E-state index is 0.197. The van der Waals surface area contributed by atoms with E-state index in [0.29, 0.717) is 17.7 Å². The summed E-state index contributed by atoms with van der Waals surface area (Å²) in [5.74, 6) is 1.31. The molecule has 2 rings (SSSR count). The zero-order valence-electron chi connectivity index (χ0n) is 12.7. The molecule has 118 valence electrons. The van der Waals surface area contributed by atoms with E-state index in [1.54, 1.807) is 0 Å². The van der Waals surface area contributed by atoms with Crippen molar-refractivity contribution < 1.29 is 8.42 Å². The maximum absolute atomic E-state index is 11.5. The Balaban J connectivity index is 2.02. The first-order valence-corrected chi connectivity index (χ1v) is 10.1. The predicted octanol–water partition coefficient (Wildman–Crippen LogP) is 2.10. The molecule has 2 unspecified atom stereocenters. The molecule has 0 saturated carbocycles. The summed E-state index contributed by atoms with van der Waals surface area (Å²) in [4.78, 5) is 2.43. The van der Waals surface area contributed by atoms with E-state index in [4.69, 9.17) is 0 Å². The average molecular weight is 329 g/mol. The number of hydrogen-bond donors (Lipinski definition) is 1. The Bertz CT molecular complexity index is 534. The summed E-state index contributed by atoms with van der Waals surface area (Å²) < 4.78 is 25.4. The monoisotopic (exact) mass is 328 g/mol. The van der Waals surface area contributed by atoms with Gasteiger partial charge in [-0.05, 0) is 25.6 Å². The Labute approximate surface area is 132 Å². The van der Waals surface area contributed by atoms with Gasteiger partial charge in [-0.15, -0.1) is 0 Å². The van der Waals surface area contributed by atoms with Gasteiger partial charge in [0.05, 0.1) is 5.75 Å². The van der Waals surface area contributed by atoms with Crippen LogP contribution in [0.4, 0.5) is 0 Å². The van der Waals surface area contributed by atoms with E-state index in [-0.39, 0.29) is 5.75 Å². The molecule has 1 aliphatic rings. The van der Waals surface area contributed by atoms with Crippen LogP contribution in [0.25, 0.3) is 0 Å². The van der Waals surface area contributed by atoms with Crippen molar-refractivity contribution in [3.05, 3.63) is 35.9 Å². The largest absolute Gasteiger partial charge is 0.294 e. The lowest BCUT2D eigenvalue weighted by atomic mass is 10.0. The maximum atomic E-state index is 11.5. The van der Waals surface area contributed by atoms with Gasteiger partial charge in [-0.25, -0.2) is 13.1 Å². The third-order valence-electron chi connectivity index (χ3n) is 3.91. The van der Waals surface area contributed by atoms with E-state index in [9.17, 15) is 8.42 Å². The summed E-state index contributed by atoms with van der Waals surface area (Å²) in [6.07, 6.45) is 0.671. The third kappa shape index (κ3) is 4.71. The molecule has 1 heterocycles. The standard InChI is InChI=1S/C15H24N2O2S2/c1-13-15(14-7-4-3-5-8-14)17(10-11-20-13)9-6-12-21(18,19)16-2/h3-5,7-8,13,15-16H,6,9-12H2,1-2H3. The summed E-state index contributed by atoms with van der Waals surface area (Å²) in [7, 11) is -1.62. The van der Waals surface area contributed by atoms with Crippen molar-refractivity contribution >= 4 is 21.8 Å². The number of nitrogens with one attached hydrogen (secondary N) is 1. The van der Waals surface area contributed by atoms with Crippen molar-refractivity contribution in [1.29, 1.82) is 0 Å². The summed E-state index contributed by atoms with van der Waals surface area (Å²) in [6.45, 7) is 4.11. The lowest BCUT2D eigenvalue weighted by Crippen LogP contribution is -2.41. The molecule has 0 bridgehead atoms. The van der Waals surface area contributed by atoms with Gasteiger partial charge in [0.15, 0.2) is 0 Å². The highest BCUT2D eigenvalue weighted by atomic mass is 32.2. The van der Waals surface area contributed by atoms with Crippen LogP contribution in [0.5, 0.6) is 0 Å². The molecule has 0 amide bonds. The van der Waals surface area contributed by atoms with Crippen LogP contribution < -0.4 is 4.72 Å². The Morgan fingerprint density at radius 2 is 2.05 bits per heavy atom. The van der Waals surface area contributed by atoms with Gasteiger partial charge >= 0.3 is 0 Å². The highest BCUT2D eigenvalue weighted by Gasteiger charge is 2.30. The minimum Gasteiger partial charge on any atom is -0.294 e. The smallest absolute Gasteiger partial charge is 0.211 e. The topological polar surface area (TPSA) is 49.4 Å². The summed E-state index contributed by atoms with van der Waals surface area (Å²) in [6, 6.07) is 10.9. The number of sulfonamides is 1. The summed E-state index contributed by atoms with van der Waals surface area (Å²) >= 11 is 2.00. The molecule has 0 spiro atoms. The van der Waals surface area contributed by atoms with E-state index in [1.807, 2.05) is 17.8 Å². The van der Waals surface area contributed by atoms with Crippen LogP contribution in [0.2, 0.25) is 0 Å². The molecule has 1 saturated heterocycles. The van der Waals surface area contributed by atoms with Crippen LogP contribution in [0, 0.1) is 0 Å². The molecule has 21 heavy (non-hydrogen) atoms. The van der Waals surface area contributed by atoms with E-state index in [1.165, 1.54) is 12.6 Å². The molecule has 0 radical (unpaired) electrons. The highest BCUT2D eigenvalue weighted by Crippen LogP contribution is 2.35. The SMILES string of the molecule is CNS(=O)(=O)CCCN1CCSC(C)C1c1ccccc1. The molecule has 1 aromatic rings. The van der Waals surface area contributed by atoms with Crippen LogP contribution in [-0.2, 0) is 10.0 Å². The van der Waals surface area contributed by atoms with Crippen LogP contribution in [0.15, 0.2) is 30.3 Å². The van der Waals surface area contributed by atoms with Crippen LogP contribution >= 0.6 is 11.8 Å². The number of rotatable bonds is 6. The van der Waals surface area contributed by atoms with Crippen LogP contribution in [0.1, 0.15) is 24.9 Å². The van der Waals surface area contributed by atoms with E-state index >= 15 is 0 Å². The Hall–Kier alpha value is -0.560. The summed E-state index contributed by atoms with van der Waals surface area (Å²) in [5.41, 5.74) is 1.33. The number of thioether (sulfide) groups is 1. The molecule has 0 aromatic heterocycles. The van der Waals surface area contributed by atoms with Gasteiger partial charge in [0.2, 0.25) is 10.0 Å². The first kappa shape index (κ1) is 16.8. The number of nitrogens with zero attached hydrogens (tertiary/aromatic N) is 1. The van der Waals surface area contributed by atoms with Gasteiger partial charge in [-0.1, -0.05) is 37.3 Å². The minimum atomic E-state index is -3.10. The fraction of sp³-hybridized carbons (Fsp3) is 0.600. The second-order valence-corrected chi connectivity index (χ2v) is 8.88. The van der Waals surface area contributed by atoms with Gasteiger partial charge in [-0.2, -0.15) is 11.8 Å².